The highest BCUT2D eigenvalue weighted by atomic mass is 19.4. The first-order chi connectivity index (χ1) is 13.2. The molecule has 0 atom stereocenters. The highest BCUT2D eigenvalue weighted by Gasteiger charge is 2.65. The molecule has 0 saturated carbocycles. The van der Waals surface area contributed by atoms with Crippen LogP contribution >= 0.6 is 0 Å². The van der Waals surface area contributed by atoms with Gasteiger partial charge in [-0.15, -0.1) is 0 Å². The van der Waals surface area contributed by atoms with Gasteiger partial charge in [-0.3, -0.25) is 0 Å². The van der Waals surface area contributed by atoms with E-state index in [1.165, 1.54) is 0 Å². The molecule has 5 nitrogen and oxygen atoms in total. The van der Waals surface area contributed by atoms with Crippen LogP contribution in [0, 0.1) is 13.8 Å². The average molecular weight is 390 g/mol. The number of halogens is 3. The van der Waals surface area contributed by atoms with Gasteiger partial charge in [0.05, 0.1) is 7.11 Å². The highest BCUT2D eigenvalue weighted by molar-refractivity contribution is 6.10. The van der Waals surface area contributed by atoms with Crippen molar-refractivity contribution < 1.29 is 27.4 Å². The molecular formula is C20H17F3N2O3. The minimum atomic E-state index is -5.13. The van der Waals surface area contributed by atoms with Gasteiger partial charge in [0.1, 0.15) is 0 Å². The van der Waals surface area contributed by atoms with E-state index in [-0.39, 0.29) is 22.9 Å². The van der Waals surface area contributed by atoms with Crippen LogP contribution < -0.4 is 0 Å². The van der Waals surface area contributed by atoms with E-state index in [2.05, 4.69) is 14.7 Å². The lowest BCUT2D eigenvalue weighted by molar-refractivity contribution is -0.202. The standard InChI is InChI=1S/C20H17F3N2O3/c1-12-4-8-14(9-5-12)16-24-19(18(26)27-3,20(21,22)23)25-17(28-16)15-10-6-13(2)7-11-15/h4-11H,1-3H3. The summed E-state index contributed by atoms with van der Waals surface area (Å²) in [6, 6.07) is 13.0. The number of hydrogen-bond acceptors (Lipinski definition) is 5. The number of esters is 1. The van der Waals surface area contributed by atoms with E-state index < -0.39 is 17.8 Å². The van der Waals surface area contributed by atoms with Crippen molar-refractivity contribution in [3.63, 3.8) is 0 Å². The van der Waals surface area contributed by atoms with Crippen LogP contribution in [0.5, 0.6) is 0 Å². The SMILES string of the molecule is COC(=O)C1(C(F)(F)F)N=C(c2ccc(C)cc2)OC(c2ccc(C)cc2)=N1. The van der Waals surface area contributed by atoms with Crippen LogP contribution in [-0.2, 0) is 14.3 Å². The number of aryl methyl sites for hydroxylation is 2. The van der Waals surface area contributed by atoms with Crippen molar-refractivity contribution in [2.45, 2.75) is 25.7 Å². The van der Waals surface area contributed by atoms with Crippen molar-refractivity contribution in [2.75, 3.05) is 7.11 Å². The molecule has 1 aliphatic heterocycles. The molecular weight excluding hydrogens is 373 g/mol. The van der Waals surface area contributed by atoms with Crippen LogP contribution in [0.15, 0.2) is 58.5 Å². The third-order valence-corrected chi connectivity index (χ3v) is 4.18. The van der Waals surface area contributed by atoms with Gasteiger partial charge in [-0.1, -0.05) is 35.4 Å². The molecule has 1 heterocycles. The molecule has 0 saturated heterocycles. The first kappa shape index (κ1) is 19.6. The number of aliphatic imine (C=N–C) groups is 2. The fourth-order valence-corrected chi connectivity index (χ4v) is 2.57. The molecule has 28 heavy (non-hydrogen) atoms. The molecule has 1 aliphatic rings. The van der Waals surface area contributed by atoms with E-state index in [1.54, 1.807) is 48.5 Å². The Hall–Kier alpha value is -3.16. The summed E-state index contributed by atoms with van der Waals surface area (Å²) in [5.41, 5.74) is -1.07. The molecule has 0 N–H and O–H groups in total. The molecule has 0 fully saturated rings. The maximum Gasteiger partial charge on any atom is 0.446 e. The van der Waals surface area contributed by atoms with Crippen molar-refractivity contribution in [3.05, 3.63) is 70.8 Å². The zero-order valence-electron chi connectivity index (χ0n) is 15.4. The van der Waals surface area contributed by atoms with Crippen molar-refractivity contribution in [3.8, 4) is 0 Å². The predicted octanol–water partition coefficient (Wildman–Crippen LogP) is 3.96. The zero-order chi connectivity index (χ0) is 20.5. The lowest BCUT2D eigenvalue weighted by Crippen LogP contribution is -2.53. The molecule has 0 aromatic heterocycles. The third-order valence-electron chi connectivity index (χ3n) is 4.18. The van der Waals surface area contributed by atoms with E-state index in [4.69, 9.17) is 4.74 Å². The molecule has 2 aromatic carbocycles. The van der Waals surface area contributed by atoms with Gasteiger partial charge in [0, 0.05) is 11.1 Å². The number of carbonyl (C=O) groups excluding carboxylic acids is 1. The topological polar surface area (TPSA) is 60.2 Å². The maximum atomic E-state index is 14.0. The molecule has 0 amide bonds. The number of benzene rings is 2. The quantitative estimate of drug-likeness (QED) is 0.746. The smallest absolute Gasteiger partial charge is 0.446 e. The van der Waals surface area contributed by atoms with Gasteiger partial charge in [-0.2, -0.15) is 23.2 Å². The Morgan fingerprint density at radius 1 is 0.893 bits per heavy atom. The Balaban J connectivity index is 2.22. The number of methoxy groups -OCH3 is 1. The summed E-state index contributed by atoms with van der Waals surface area (Å²) in [7, 11) is 0.855. The fourth-order valence-electron chi connectivity index (χ4n) is 2.57. The monoisotopic (exact) mass is 390 g/mol. The Labute approximate surface area is 159 Å². The zero-order valence-corrected chi connectivity index (χ0v) is 15.4. The minimum absolute atomic E-state index is 0.280. The molecule has 0 unspecified atom stereocenters. The summed E-state index contributed by atoms with van der Waals surface area (Å²) in [5, 5.41) is 0. The van der Waals surface area contributed by atoms with Gasteiger partial charge in [0.2, 0.25) is 11.8 Å². The van der Waals surface area contributed by atoms with E-state index in [0.717, 1.165) is 18.2 Å². The summed E-state index contributed by atoms with van der Waals surface area (Å²) in [6.07, 6.45) is -5.13. The van der Waals surface area contributed by atoms with E-state index in [1.807, 2.05) is 13.8 Å². The first-order valence-corrected chi connectivity index (χ1v) is 8.33. The molecule has 3 rings (SSSR count). The lowest BCUT2D eigenvalue weighted by atomic mass is 10.1. The number of hydrogen-bond donors (Lipinski definition) is 0. The second-order valence-corrected chi connectivity index (χ2v) is 6.33. The molecule has 8 heteroatoms. The van der Waals surface area contributed by atoms with Gasteiger partial charge in [-0.05, 0) is 38.1 Å². The Morgan fingerprint density at radius 3 is 1.61 bits per heavy atom. The van der Waals surface area contributed by atoms with E-state index in [9.17, 15) is 18.0 Å². The predicted molar refractivity (Wildman–Crippen MR) is 97.3 cm³/mol. The number of alkyl halides is 3. The average Bonchev–Trinajstić information content (AvgIpc) is 2.67. The molecule has 0 aliphatic carbocycles. The summed E-state index contributed by atoms with van der Waals surface area (Å²) in [6.45, 7) is 3.67. The van der Waals surface area contributed by atoms with Crippen molar-refractivity contribution in [2.24, 2.45) is 9.98 Å². The normalized spacial score (nSPS) is 15.9. The van der Waals surface area contributed by atoms with Crippen LogP contribution in [0.4, 0.5) is 13.2 Å². The second-order valence-electron chi connectivity index (χ2n) is 6.33. The van der Waals surface area contributed by atoms with Crippen molar-refractivity contribution in [1.82, 2.24) is 0 Å². The molecule has 0 spiro atoms. The minimum Gasteiger partial charge on any atom is -0.465 e. The van der Waals surface area contributed by atoms with E-state index >= 15 is 0 Å². The summed E-state index contributed by atoms with van der Waals surface area (Å²) in [5.74, 6) is -2.38. The molecule has 0 bridgehead atoms. The number of nitrogens with zero attached hydrogens (tertiary/aromatic N) is 2. The summed E-state index contributed by atoms with van der Waals surface area (Å²) < 4.78 is 51.9. The van der Waals surface area contributed by atoms with Gasteiger partial charge in [-0.25, -0.2) is 4.79 Å². The molecule has 0 radical (unpaired) electrons. The van der Waals surface area contributed by atoms with Gasteiger partial charge in [0.25, 0.3) is 0 Å². The van der Waals surface area contributed by atoms with Crippen molar-refractivity contribution >= 4 is 17.8 Å². The van der Waals surface area contributed by atoms with Gasteiger partial charge < -0.3 is 9.47 Å². The summed E-state index contributed by atoms with van der Waals surface area (Å²) in [4.78, 5) is 19.3. The largest absolute Gasteiger partial charge is 0.465 e. The van der Waals surface area contributed by atoms with Crippen LogP contribution in [-0.4, -0.2) is 36.7 Å². The van der Waals surface area contributed by atoms with Crippen LogP contribution in [0.2, 0.25) is 0 Å². The van der Waals surface area contributed by atoms with Crippen LogP contribution in [0.1, 0.15) is 22.3 Å². The van der Waals surface area contributed by atoms with Gasteiger partial charge >= 0.3 is 17.8 Å². The highest BCUT2D eigenvalue weighted by Crippen LogP contribution is 2.39. The molecule has 2 aromatic rings. The second kappa shape index (κ2) is 7.10. The van der Waals surface area contributed by atoms with E-state index in [0.29, 0.717) is 0 Å². The fraction of sp³-hybridized carbons (Fsp3) is 0.250. The van der Waals surface area contributed by atoms with Crippen LogP contribution in [0.25, 0.3) is 0 Å². The van der Waals surface area contributed by atoms with Crippen LogP contribution in [0.3, 0.4) is 0 Å². The first-order valence-electron chi connectivity index (χ1n) is 8.33. The summed E-state index contributed by atoms with van der Waals surface area (Å²) >= 11 is 0. The van der Waals surface area contributed by atoms with Crippen molar-refractivity contribution in [1.29, 1.82) is 0 Å². The number of rotatable bonds is 3. The maximum absolute atomic E-state index is 14.0. The number of ether oxygens (including phenoxy) is 2. The Kier molecular flexibility index (Phi) is 4.97. The Bertz CT molecular complexity index is 885. The lowest BCUT2D eigenvalue weighted by Gasteiger charge is -2.30. The number of carbonyl (C=O) groups is 1. The van der Waals surface area contributed by atoms with Gasteiger partial charge in [0.15, 0.2) is 0 Å². The Morgan fingerprint density at radius 2 is 1.29 bits per heavy atom. The molecule has 146 valence electrons. The third kappa shape index (κ3) is 3.49.